The van der Waals surface area contributed by atoms with Gasteiger partial charge < -0.3 is 24.4 Å². The summed E-state index contributed by atoms with van der Waals surface area (Å²) >= 11 is 0. The molecule has 8 atom stereocenters. The van der Waals surface area contributed by atoms with E-state index in [4.69, 9.17) is 9.47 Å². The number of aliphatic hydroxyl groups excluding tert-OH is 1. The smallest absolute Gasteiger partial charge is 0.312 e. The van der Waals surface area contributed by atoms with Crippen LogP contribution >= 0.6 is 0 Å². The number of carbonyl (C=O) groups excluding carboxylic acids is 3. The van der Waals surface area contributed by atoms with E-state index in [-0.39, 0.29) is 37.0 Å². The van der Waals surface area contributed by atoms with Gasteiger partial charge in [0, 0.05) is 12.6 Å². The molecule has 3 saturated heterocycles. The van der Waals surface area contributed by atoms with E-state index in [1.54, 1.807) is 17.1 Å². The average molecular weight is 553 g/mol. The molecule has 4 rings (SSSR count). The number of rotatable bonds is 13. The van der Waals surface area contributed by atoms with E-state index in [0.717, 1.165) is 12.8 Å². The Labute approximate surface area is 238 Å². The van der Waals surface area contributed by atoms with E-state index in [2.05, 4.69) is 20.1 Å². The van der Waals surface area contributed by atoms with E-state index >= 15 is 0 Å². The van der Waals surface area contributed by atoms with Crippen LogP contribution in [0.25, 0.3) is 0 Å². The highest BCUT2D eigenvalue weighted by Crippen LogP contribution is 2.66. The standard InChI is InChI=1S/C32H44N2O6/c1-7-10-18-39-30(38)26-25-28(36)34(24(20-35)23-15-12-11-13-16-23)27(32(25)19-21(4)31(26,6)40-32)29(37)33(17-9-3)22(5)14-8-2/h7,9,11-13,15-16,21-22,24-27,35H,1,3,8,10,14,17-20H2,2,4-6H3/t21?,22?,24-,25+,26-,27?,31+,32?/m1/s1. The highest BCUT2D eigenvalue weighted by atomic mass is 16.6. The molecular weight excluding hydrogens is 508 g/mol. The van der Waals surface area contributed by atoms with Gasteiger partial charge in [0.05, 0.1) is 30.8 Å². The van der Waals surface area contributed by atoms with Crippen LogP contribution in [0.3, 0.4) is 0 Å². The van der Waals surface area contributed by atoms with Gasteiger partial charge in [-0.1, -0.05) is 62.8 Å². The molecule has 2 bridgehead atoms. The Kier molecular flexibility index (Phi) is 8.90. The van der Waals surface area contributed by atoms with Crippen LogP contribution in [0.5, 0.6) is 0 Å². The van der Waals surface area contributed by atoms with E-state index in [9.17, 15) is 19.5 Å². The second-order valence-corrected chi connectivity index (χ2v) is 11.7. The number of benzene rings is 1. The van der Waals surface area contributed by atoms with Gasteiger partial charge in [-0.3, -0.25) is 14.4 Å². The van der Waals surface area contributed by atoms with Crippen LogP contribution in [0, 0.1) is 17.8 Å². The SMILES string of the molecule is C=CCCOC(=O)[C@H]1[C@H]2C(=O)N([C@H](CO)c3ccccc3)C(C(=O)N(CC=C)C(C)CCC)C23CC(C)[C@]1(C)O3. The maximum atomic E-state index is 14.7. The lowest BCUT2D eigenvalue weighted by molar-refractivity contribution is -0.164. The Morgan fingerprint density at radius 2 is 1.98 bits per heavy atom. The molecule has 2 amide bonds. The molecule has 3 aliphatic rings. The molecule has 0 aliphatic carbocycles. The van der Waals surface area contributed by atoms with Crippen molar-refractivity contribution in [2.75, 3.05) is 19.8 Å². The van der Waals surface area contributed by atoms with Crippen LogP contribution in [0.2, 0.25) is 0 Å². The number of aliphatic hydroxyl groups is 1. The number of ether oxygens (including phenoxy) is 2. The van der Waals surface area contributed by atoms with Crippen molar-refractivity contribution in [3.05, 3.63) is 61.2 Å². The monoisotopic (exact) mass is 552 g/mol. The predicted molar refractivity (Wildman–Crippen MR) is 152 cm³/mol. The summed E-state index contributed by atoms with van der Waals surface area (Å²) < 4.78 is 12.4. The molecule has 218 valence electrons. The van der Waals surface area contributed by atoms with Gasteiger partial charge in [-0.05, 0) is 44.6 Å². The predicted octanol–water partition coefficient (Wildman–Crippen LogP) is 4.05. The van der Waals surface area contributed by atoms with Crippen molar-refractivity contribution in [3.63, 3.8) is 0 Å². The van der Waals surface area contributed by atoms with Crippen LogP contribution in [0.15, 0.2) is 55.6 Å². The maximum absolute atomic E-state index is 14.7. The lowest BCUT2D eigenvalue weighted by Crippen LogP contribution is -2.58. The minimum Gasteiger partial charge on any atom is -0.465 e. The van der Waals surface area contributed by atoms with Crippen LogP contribution in [0.4, 0.5) is 0 Å². The van der Waals surface area contributed by atoms with Gasteiger partial charge in [0.15, 0.2) is 0 Å². The van der Waals surface area contributed by atoms with Gasteiger partial charge in [-0.25, -0.2) is 0 Å². The summed E-state index contributed by atoms with van der Waals surface area (Å²) in [5, 5.41) is 10.7. The molecule has 1 spiro atoms. The van der Waals surface area contributed by atoms with Gasteiger partial charge >= 0.3 is 5.97 Å². The molecule has 3 heterocycles. The normalized spacial score (nSPS) is 31.9. The van der Waals surface area contributed by atoms with Gasteiger partial charge in [0.2, 0.25) is 11.8 Å². The van der Waals surface area contributed by atoms with E-state index in [1.165, 1.54) is 4.90 Å². The second-order valence-electron chi connectivity index (χ2n) is 11.7. The Hall–Kier alpha value is -2.97. The molecule has 0 aromatic heterocycles. The molecule has 8 nitrogen and oxygen atoms in total. The summed E-state index contributed by atoms with van der Waals surface area (Å²) in [6.07, 6.45) is 5.97. The number of fused-ring (bicyclic) bond motifs is 1. The number of amides is 2. The summed E-state index contributed by atoms with van der Waals surface area (Å²) in [4.78, 5) is 46.1. The Morgan fingerprint density at radius 1 is 1.27 bits per heavy atom. The van der Waals surface area contributed by atoms with Crippen molar-refractivity contribution in [3.8, 4) is 0 Å². The van der Waals surface area contributed by atoms with Gasteiger partial charge in [0.1, 0.15) is 17.6 Å². The molecule has 8 heteroatoms. The molecule has 3 aliphatic heterocycles. The highest BCUT2D eigenvalue weighted by molar-refractivity contribution is 5.99. The minimum atomic E-state index is -1.22. The summed E-state index contributed by atoms with van der Waals surface area (Å²) in [6, 6.07) is 7.33. The number of carbonyl (C=O) groups is 3. The van der Waals surface area contributed by atoms with Gasteiger partial charge in [-0.15, -0.1) is 13.2 Å². The van der Waals surface area contributed by atoms with Gasteiger partial charge in [0.25, 0.3) is 0 Å². The topological polar surface area (TPSA) is 96.4 Å². The van der Waals surface area contributed by atoms with Crippen LogP contribution in [0.1, 0.15) is 65.0 Å². The summed E-state index contributed by atoms with van der Waals surface area (Å²) in [5.41, 5.74) is -1.48. The van der Waals surface area contributed by atoms with E-state index < -0.39 is 41.1 Å². The molecule has 4 unspecified atom stereocenters. The van der Waals surface area contributed by atoms with E-state index in [1.807, 2.05) is 51.1 Å². The van der Waals surface area contributed by atoms with Gasteiger partial charge in [-0.2, -0.15) is 0 Å². The van der Waals surface area contributed by atoms with Crippen LogP contribution in [-0.4, -0.2) is 75.7 Å². The first-order chi connectivity index (χ1) is 19.1. The first-order valence-corrected chi connectivity index (χ1v) is 14.5. The highest BCUT2D eigenvalue weighted by Gasteiger charge is 2.81. The largest absolute Gasteiger partial charge is 0.465 e. The van der Waals surface area contributed by atoms with Crippen molar-refractivity contribution in [2.24, 2.45) is 17.8 Å². The fraction of sp³-hybridized carbons (Fsp3) is 0.594. The zero-order chi connectivity index (χ0) is 29.2. The summed E-state index contributed by atoms with van der Waals surface area (Å²) in [6.45, 7) is 15.6. The lowest BCUT2D eigenvalue weighted by atomic mass is 9.62. The lowest BCUT2D eigenvalue weighted by Gasteiger charge is -2.41. The maximum Gasteiger partial charge on any atom is 0.312 e. The molecule has 1 aromatic carbocycles. The van der Waals surface area contributed by atoms with Crippen LogP contribution in [-0.2, 0) is 23.9 Å². The fourth-order valence-electron chi connectivity index (χ4n) is 7.37. The number of esters is 1. The molecule has 1 aromatic rings. The van der Waals surface area contributed by atoms with Crippen molar-refractivity contribution < 1.29 is 29.0 Å². The fourth-order valence-corrected chi connectivity index (χ4v) is 7.37. The first-order valence-electron chi connectivity index (χ1n) is 14.5. The molecule has 3 fully saturated rings. The van der Waals surface area contributed by atoms with Crippen molar-refractivity contribution in [1.29, 1.82) is 0 Å². The molecule has 0 saturated carbocycles. The van der Waals surface area contributed by atoms with E-state index in [0.29, 0.717) is 24.9 Å². The Balaban J connectivity index is 1.86. The third-order valence-electron chi connectivity index (χ3n) is 9.35. The number of likely N-dealkylation sites (tertiary alicyclic amines) is 1. The Morgan fingerprint density at radius 3 is 2.58 bits per heavy atom. The number of hydrogen-bond donors (Lipinski definition) is 1. The third-order valence-corrected chi connectivity index (χ3v) is 9.35. The zero-order valence-corrected chi connectivity index (χ0v) is 24.3. The van der Waals surface area contributed by atoms with Crippen molar-refractivity contribution in [1.82, 2.24) is 9.80 Å². The Bertz CT molecular complexity index is 1120. The zero-order valence-electron chi connectivity index (χ0n) is 24.3. The third kappa shape index (κ3) is 4.69. The molecule has 0 radical (unpaired) electrons. The van der Waals surface area contributed by atoms with Crippen molar-refractivity contribution >= 4 is 17.8 Å². The quantitative estimate of drug-likeness (QED) is 0.225. The number of hydrogen-bond acceptors (Lipinski definition) is 6. The first kappa shape index (κ1) is 30.0. The molecule has 1 N–H and O–H groups in total. The summed E-state index contributed by atoms with van der Waals surface area (Å²) in [7, 11) is 0. The molecular formula is C32H44N2O6. The minimum absolute atomic E-state index is 0.0986. The average Bonchev–Trinajstić information content (AvgIpc) is 3.45. The van der Waals surface area contributed by atoms with Crippen molar-refractivity contribution in [2.45, 2.75) is 82.7 Å². The summed E-state index contributed by atoms with van der Waals surface area (Å²) in [5.74, 6) is -2.97. The number of nitrogens with zero attached hydrogens (tertiary/aromatic N) is 2. The second kappa shape index (κ2) is 11.9. The molecule has 40 heavy (non-hydrogen) atoms. The van der Waals surface area contributed by atoms with Crippen LogP contribution < -0.4 is 0 Å².